The van der Waals surface area contributed by atoms with Crippen LogP contribution in [0.2, 0.25) is 0 Å². The molecular weight excluding hydrogens is 418 g/mol. The number of hydrogen-bond donors (Lipinski definition) is 1. The van der Waals surface area contributed by atoms with Crippen molar-refractivity contribution in [3.8, 4) is 22.6 Å². The van der Waals surface area contributed by atoms with E-state index in [1.807, 2.05) is 60.1 Å². The number of nitrogens with zero attached hydrogens (tertiary/aromatic N) is 2. The van der Waals surface area contributed by atoms with Crippen molar-refractivity contribution in [1.29, 1.82) is 0 Å². The van der Waals surface area contributed by atoms with Crippen molar-refractivity contribution in [2.75, 3.05) is 0 Å². The first kappa shape index (κ1) is 25.0. The molecule has 0 aliphatic carbocycles. The van der Waals surface area contributed by atoms with Gasteiger partial charge in [-0.1, -0.05) is 99.3 Å². The molecule has 0 spiro atoms. The zero-order valence-electron chi connectivity index (χ0n) is 20.7. The van der Waals surface area contributed by atoms with Crippen molar-refractivity contribution in [2.45, 2.75) is 53.1 Å². The SMILES string of the molecule is C=C/C=C(\C=C/C)C(CC)NC(=O)c1c(-c2ccc(CC)cc2)nc(-c2ccccc2)n1CC. The van der Waals surface area contributed by atoms with Gasteiger partial charge in [0, 0.05) is 17.7 Å². The van der Waals surface area contributed by atoms with Crippen molar-refractivity contribution in [3.63, 3.8) is 0 Å². The maximum Gasteiger partial charge on any atom is 0.270 e. The molecule has 1 aromatic heterocycles. The highest BCUT2D eigenvalue weighted by atomic mass is 16.2. The van der Waals surface area contributed by atoms with E-state index >= 15 is 0 Å². The second kappa shape index (κ2) is 12.0. The van der Waals surface area contributed by atoms with Crippen LogP contribution in [0.3, 0.4) is 0 Å². The number of rotatable bonds is 10. The Balaban J connectivity index is 2.14. The summed E-state index contributed by atoms with van der Waals surface area (Å²) in [5.74, 6) is 0.670. The fraction of sp³-hybridized carbons (Fsp3) is 0.267. The van der Waals surface area contributed by atoms with Gasteiger partial charge >= 0.3 is 0 Å². The van der Waals surface area contributed by atoms with Crippen LogP contribution in [0.15, 0.2) is 91.1 Å². The Hall–Kier alpha value is -3.66. The molecule has 1 unspecified atom stereocenters. The van der Waals surface area contributed by atoms with E-state index < -0.39 is 0 Å². The summed E-state index contributed by atoms with van der Waals surface area (Å²) in [6, 6.07) is 18.3. The molecule has 0 bridgehead atoms. The second-order valence-corrected chi connectivity index (χ2v) is 8.13. The minimum Gasteiger partial charge on any atom is -0.344 e. The summed E-state index contributed by atoms with van der Waals surface area (Å²) in [6.45, 7) is 12.7. The monoisotopic (exact) mass is 453 g/mol. The molecule has 1 amide bonds. The van der Waals surface area contributed by atoms with Gasteiger partial charge in [-0.25, -0.2) is 4.98 Å². The smallest absolute Gasteiger partial charge is 0.270 e. The number of carbonyl (C=O) groups excluding carboxylic acids is 1. The molecule has 2 aromatic carbocycles. The first-order chi connectivity index (χ1) is 16.6. The van der Waals surface area contributed by atoms with E-state index in [1.54, 1.807) is 6.08 Å². The molecule has 176 valence electrons. The van der Waals surface area contributed by atoms with Gasteiger partial charge in [0.1, 0.15) is 17.2 Å². The van der Waals surface area contributed by atoms with E-state index in [4.69, 9.17) is 4.98 Å². The molecule has 1 heterocycles. The molecule has 1 atom stereocenters. The van der Waals surface area contributed by atoms with Crippen LogP contribution < -0.4 is 5.32 Å². The van der Waals surface area contributed by atoms with E-state index in [-0.39, 0.29) is 11.9 Å². The summed E-state index contributed by atoms with van der Waals surface area (Å²) >= 11 is 0. The molecule has 34 heavy (non-hydrogen) atoms. The molecule has 1 N–H and O–H groups in total. The normalized spacial score (nSPS) is 12.6. The number of hydrogen-bond acceptors (Lipinski definition) is 2. The lowest BCUT2D eigenvalue weighted by molar-refractivity contribution is 0.0934. The van der Waals surface area contributed by atoms with Gasteiger partial charge in [-0.05, 0) is 37.8 Å². The van der Waals surface area contributed by atoms with Gasteiger partial charge < -0.3 is 9.88 Å². The van der Waals surface area contributed by atoms with Crippen LogP contribution in [-0.2, 0) is 13.0 Å². The summed E-state index contributed by atoms with van der Waals surface area (Å²) < 4.78 is 2.02. The summed E-state index contributed by atoms with van der Waals surface area (Å²) in [5, 5.41) is 3.26. The van der Waals surface area contributed by atoms with Crippen LogP contribution in [0.5, 0.6) is 0 Å². The van der Waals surface area contributed by atoms with Crippen LogP contribution in [0.25, 0.3) is 22.6 Å². The number of aryl methyl sites for hydroxylation is 1. The molecule has 0 aliphatic heterocycles. The highest BCUT2D eigenvalue weighted by Crippen LogP contribution is 2.30. The number of carbonyl (C=O) groups is 1. The Kier molecular flexibility index (Phi) is 8.80. The third kappa shape index (κ3) is 5.45. The minimum atomic E-state index is -0.127. The molecule has 0 fully saturated rings. The number of aromatic nitrogens is 2. The summed E-state index contributed by atoms with van der Waals surface area (Å²) in [6.07, 6.45) is 9.44. The molecule has 0 aliphatic rings. The van der Waals surface area contributed by atoms with Gasteiger partial charge in [0.15, 0.2) is 0 Å². The quantitative estimate of drug-likeness (QED) is 0.336. The maximum absolute atomic E-state index is 13.8. The molecule has 4 nitrogen and oxygen atoms in total. The summed E-state index contributed by atoms with van der Waals surface area (Å²) in [4.78, 5) is 18.8. The van der Waals surface area contributed by atoms with Gasteiger partial charge in [0.05, 0.1) is 6.04 Å². The van der Waals surface area contributed by atoms with E-state index in [9.17, 15) is 4.79 Å². The highest BCUT2D eigenvalue weighted by Gasteiger charge is 2.26. The lowest BCUT2D eigenvalue weighted by atomic mass is 10.0. The molecule has 0 saturated heterocycles. The zero-order chi connectivity index (χ0) is 24.5. The van der Waals surface area contributed by atoms with Crippen LogP contribution >= 0.6 is 0 Å². The fourth-order valence-electron chi connectivity index (χ4n) is 4.16. The standard InChI is InChI=1S/C30H35N3O/c1-6-14-23(15-7-2)26(9-4)31-30(34)28-27(24-20-18-22(8-3)19-21-24)32-29(33(28)10-5)25-16-12-11-13-17-25/h6-7,11-21,26H,1,8-10H2,2-5H3,(H,31,34)/b15-7-,23-14+. The van der Waals surface area contributed by atoms with E-state index in [0.29, 0.717) is 17.9 Å². The molecular formula is C30H35N3O. The van der Waals surface area contributed by atoms with E-state index in [0.717, 1.165) is 35.4 Å². The number of nitrogens with one attached hydrogen (secondary N) is 1. The van der Waals surface area contributed by atoms with Crippen molar-refractivity contribution in [3.05, 3.63) is 102 Å². The Morgan fingerprint density at radius 1 is 1.06 bits per heavy atom. The maximum atomic E-state index is 13.8. The van der Waals surface area contributed by atoms with Gasteiger partial charge in [0.25, 0.3) is 5.91 Å². The predicted octanol–water partition coefficient (Wildman–Crippen LogP) is 7.00. The third-order valence-corrected chi connectivity index (χ3v) is 5.95. The second-order valence-electron chi connectivity index (χ2n) is 8.13. The van der Waals surface area contributed by atoms with Gasteiger partial charge in [-0.3, -0.25) is 4.79 Å². The van der Waals surface area contributed by atoms with E-state index in [2.05, 4.69) is 56.9 Å². The number of amides is 1. The predicted molar refractivity (Wildman–Crippen MR) is 143 cm³/mol. The minimum absolute atomic E-state index is 0.127. The summed E-state index contributed by atoms with van der Waals surface area (Å²) in [5.41, 5.74) is 5.49. The average molecular weight is 454 g/mol. The largest absolute Gasteiger partial charge is 0.344 e. The molecule has 3 aromatic rings. The first-order valence-corrected chi connectivity index (χ1v) is 12.1. The van der Waals surface area contributed by atoms with Gasteiger partial charge in [0.2, 0.25) is 0 Å². The molecule has 3 rings (SSSR count). The number of allylic oxidation sites excluding steroid dienone is 3. The van der Waals surface area contributed by atoms with Crippen LogP contribution in [0.4, 0.5) is 0 Å². The Labute approximate surface area is 203 Å². The number of benzene rings is 2. The molecule has 4 heteroatoms. The van der Waals surface area contributed by atoms with Crippen molar-refractivity contribution in [1.82, 2.24) is 14.9 Å². The third-order valence-electron chi connectivity index (χ3n) is 5.95. The van der Waals surface area contributed by atoms with Crippen molar-refractivity contribution >= 4 is 5.91 Å². The average Bonchev–Trinajstić information content (AvgIpc) is 3.27. The Bertz CT molecular complexity index is 1170. The first-order valence-electron chi connectivity index (χ1n) is 12.1. The highest BCUT2D eigenvalue weighted by molar-refractivity contribution is 6.00. The van der Waals surface area contributed by atoms with Crippen LogP contribution in [-0.4, -0.2) is 21.5 Å². The lowest BCUT2D eigenvalue weighted by Gasteiger charge is -2.20. The van der Waals surface area contributed by atoms with Crippen molar-refractivity contribution in [2.24, 2.45) is 0 Å². The molecule has 0 radical (unpaired) electrons. The van der Waals surface area contributed by atoms with Crippen LogP contribution in [0, 0.1) is 0 Å². The molecule has 0 saturated carbocycles. The summed E-state index contributed by atoms with van der Waals surface area (Å²) in [7, 11) is 0. The van der Waals surface area contributed by atoms with E-state index in [1.165, 1.54) is 5.56 Å². The lowest BCUT2D eigenvalue weighted by Crippen LogP contribution is -2.37. The zero-order valence-corrected chi connectivity index (χ0v) is 20.7. The van der Waals surface area contributed by atoms with Crippen molar-refractivity contribution < 1.29 is 4.79 Å². The Morgan fingerprint density at radius 3 is 2.32 bits per heavy atom. The van der Waals surface area contributed by atoms with Gasteiger partial charge in [-0.15, -0.1) is 0 Å². The van der Waals surface area contributed by atoms with Gasteiger partial charge in [-0.2, -0.15) is 0 Å². The van der Waals surface area contributed by atoms with Crippen LogP contribution in [0.1, 0.15) is 50.2 Å². The Morgan fingerprint density at radius 2 is 1.76 bits per heavy atom. The number of imidazole rings is 1. The topological polar surface area (TPSA) is 46.9 Å². The fourth-order valence-corrected chi connectivity index (χ4v) is 4.16.